The molecule has 0 aromatic heterocycles. The van der Waals surface area contributed by atoms with Gasteiger partial charge in [-0.2, -0.15) is 4.39 Å². The molecule has 3 aromatic rings. The van der Waals surface area contributed by atoms with Crippen LogP contribution in [0.2, 0.25) is 0 Å². The summed E-state index contributed by atoms with van der Waals surface area (Å²) < 4.78 is 55.1. The van der Waals surface area contributed by atoms with Gasteiger partial charge in [0.1, 0.15) is 12.4 Å². The SMILES string of the molecule is C=CCOc1ccc(-c2ccc(-c3ccc(C4CCC(OCC=CC)CC4)cc3F)cc2)c(F)c1F. The van der Waals surface area contributed by atoms with E-state index in [0.29, 0.717) is 29.2 Å². The molecular weight excluding hydrogens is 461 g/mol. The van der Waals surface area contributed by atoms with Gasteiger partial charge in [0.2, 0.25) is 5.82 Å². The number of ether oxygens (including phenoxy) is 2. The topological polar surface area (TPSA) is 18.5 Å². The van der Waals surface area contributed by atoms with Crippen LogP contribution in [0.15, 0.2) is 79.4 Å². The highest BCUT2D eigenvalue weighted by Gasteiger charge is 2.23. The van der Waals surface area contributed by atoms with Crippen molar-refractivity contribution in [3.63, 3.8) is 0 Å². The van der Waals surface area contributed by atoms with Gasteiger partial charge in [0.15, 0.2) is 11.6 Å². The molecule has 5 heteroatoms. The van der Waals surface area contributed by atoms with Crippen LogP contribution in [0.3, 0.4) is 0 Å². The molecule has 36 heavy (non-hydrogen) atoms. The monoisotopic (exact) mass is 492 g/mol. The standard InChI is InChI=1S/C31H31F3O2/c1-3-5-19-35-25-13-10-21(11-14-25)24-12-15-26(28(32)20-24)22-6-8-23(9-7-22)27-16-17-29(36-18-4-2)31(34)30(27)33/h3-9,12,15-17,20-21,25H,2,10-11,13-14,18-19H2,1H3. The van der Waals surface area contributed by atoms with E-state index in [1.807, 2.05) is 25.1 Å². The molecule has 3 aromatic carbocycles. The van der Waals surface area contributed by atoms with Gasteiger partial charge in [0.25, 0.3) is 0 Å². The Bertz CT molecular complexity index is 1210. The van der Waals surface area contributed by atoms with Crippen molar-refractivity contribution < 1.29 is 22.6 Å². The van der Waals surface area contributed by atoms with Crippen molar-refractivity contribution in [3.05, 3.63) is 102 Å². The molecule has 0 amide bonds. The van der Waals surface area contributed by atoms with E-state index in [1.54, 1.807) is 36.4 Å². The van der Waals surface area contributed by atoms with Gasteiger partial charge >= 0.3 is 0 Å². The predicted octanol–water partition coefficient (Wildman–Crippen LogP) is 8.62. The average Bonchev–Trinajstić information content (AvgIpc) is 2.90. The lowest BCUT2D eigenvalue weighted by atomic mass is 9.82. The maximum absolute atomic E-state index is 15.1. The Morgan fingerprint density at radius 3 is 2.14 bits per heavy atom. The molecule has 0 N–H and O–H groups in total. The van der Waals surface area contributed by atoms with E-state index in [2.05, 4.69) is 6.58 Å². The van der Waals surface area contributed by atoms with E-state index < -0.39 is 11.6 Å². The zero-order chi connectivity index (χ0) is 25.5. The number of benzene rings is 3. The van der Waals surface area contributed by atoms with E-state index >= 15 is 4.39 Å². The van der Waals surface area contributed by atoms with Gasteiger partial charge in [-0.15, -0.1) is 0 Å². The van der Waals surface area contributed by atoms with Crippen LogP contribution in [0.5, 0.6) is 5.75 Å². The fourth-order valence-corrected chi connectivity index (χ4v) is 4.71. The van der Waals surface area contributed by atoms with Crippen LogP contribution in [0, 0.1) is 17.5 Å². The molecule has 4 rings (SSSR count). The third kappa shape index (κ3) is 5.90. The van der Waals surface area contributed by atoms with Gasteiger partial charge in [0.05, 0.1) is 12.7 Å². The number of rotatable bonds is 9. The molecule has 1 fully saturated rings. The molecule has 0 unspecified atom stereocenters. The molecule has 2 nitrogen and oxygen atoms in total. The summed E-state index contributed by atoms with van der Waals surface area (Å²) in [5.41, 5.74) is 2.78. The molecule has 0 heterocycles. The minimum Gasteiger partial charge on any atom is -0.486 e. The number of allylic oxidation sites excluding steroid dienone is 1. The molecule has 1 aliphatic rings. The van der Waals surface area contributed by atoms with Crippen molar-refractivity contribution in [2.45, 2.75) is 44.6 Å². The smallest absolute Gasteiger partial charge is 0.201 e. The zero-order valence-corrected chi connectivity index (χ0v) is 20.5. The van der Waals surface area contributed by atoms with Crippen LogP contribution < -0.4 is 4.74 Å². The lowest BCUT2D eigenvalue weighted by molar-refractivity contribution is 0.0422. The lowest BCUT2D eigenvalue weighted by Gasteiger charge is -2.28. The highest BCUT2D eigenvalue weighted by molar-refractivity contribution is 5.71. The minimum atomic E-state index is -1.04. The summed E-state index contributed by atoms with van der Waals surface area (Å²) in [6.07, 6.45) is 9.65. The zero-order valence-electron chi connectivity index (χ0n) is 20.5. The van der Waals surface area contributed by atoms with Crippen molar-refractivity contribution in [2.75, 3.05) is 13.2 Å². The van der Waals surface area contributed by atoms with Gasteiger partial charge in [-0.05, 0) is 73.4 Å². The third-order valence-corrected chi connectivity index (χ3v) is 6.71. The summed E-state index contributed by atoms with van der Waals surface area (Å²) in [6.45, 7) is 6.21. The molecule has 0 aliphatic heterocycles. The van der Waals surface area contributed by atoms with E-state index in [-0.39, 0.29) is 29.8 Å². The van der Waals surface area contributed by atoms with Crippen LogP contribution >= 0.6 is 0 Å². The minimum absolute atomic E-state index is 0.0846. The molecule has 0 radical (unpaired) electrons. The van der Waals surface area contributed by atoms with Gasteiger partial charge in [-0.3, -0.25) is 0 Å². The lowest BCUT2D eigenvalue weighted by Crippen LogP contribution is -2.21. The summed E-state index contributed by atoms with van der Waals surface area (Å²) >= 11 is 0. The first-order chi connectivity index (χ1) is 17.5. The van der Waals surface area contributed by atoms with Crippen molar-refractivity contribution in [1.29, 1.82) is 0 Å². The number of hydrogen-bond donors (Lipinski definition) is 0. The van der Waals surface area contributed by atoms with Crippen LogP contribution in [-0.2, 0) is 4.74 Å². The predicted molar refractivity (Wildman–Crippen MR) is 139 cm³/mol. The Kier molecular flexibility index (Phi) is 8.65. The fraction of sp³-hybridized carbons (Fsp3) is 0.290. The molecule has 0 bridgehead atoms. The first-order valence-corrected chi connectivity index (χ1v) is 12.4. The molecule has 0 spiro atoms. The van der Waals surface area contributed by atoms with Crippen LogP contribution in [0.1, 0.15) is 44.1 Å². The van der Waals surface area contributed by atoms with Crippen molar-refractivity contribution >= 4 is 0 Å². The quantitative estimate of drug-likeness (QED) is 0.278. The first-order valence-electron chi connectivity index (χ1n) is 12.4. The van der Waals surface area contributed by atoms with Crippen LogP contribution in [-0.4, -0.2) is 19.3 Å². The summed E-state index contributed by atoms with van der Waals surface area (Å²) in [4.78, 5) is 0. The second-order valence-corrected chi connectivity index (χ2v) is 9.03. The highest BCUT2D eigenvalue weighted by atomic mass is 19.2. The number of hydrogen-bond acceptors (Lipinski definition) is 2. The largest absolute Gasteiger partial charge is 0.486 e. The highest BCUT2D eigenvalue weighted by Crippen LogP contribution is 2.37. The molecule has 1 saturated carbocycles. The Morgan fingerprint density at radius 2 is 1.50 bits per heavy atom. The normalized spacial score (nSPS) is 17.9. The summed E-state index contributed by atoms with van der Waals surface area (Å²) in [5, 5.41) is 0. The number of halogens is 3. The van der Waals surface area contributed by atoms with Crippen LogP contribution in [0.25, 0.3) is 22.3 Å². The van der Waals surface area contributed by atoms with E-state index in [4.69, 9.17) is 9.47 Å². The van der Waals surface area contributed by atoms with E-state index in [9.17, 15) is 8.78 Å². The van der Waals surface area contributed by atoms with Crippen molar-refractivity contribution in [1.82, 2.24) is 0 Å². The first kappa shape index (κ1) is 25.8. The average molecular weight is 493 g/mol. The summed E-state index contributed by atoms with van der Waals surface area (Å²) in [5.74, 6) is -2.15. The molecule has 188 valence electrons. The van der Waals surface area contributed by atoms with Gasteiger partial charge < -0.3 is 9.47 Å². The van der Waals surface area contributed by atoms with Crippen molar-refractivity contribution in [2.24, 2.45) is 0 Å². The molecular formula is C31H31F3O2. The Hall–Kier alpha value is -3.31. The van der Waals surface area contributed by atoms with Gasteiger partial charge in [0, 0.05) is 11.1 Å². The van der Waals surface area contributed by atoms with E-state index in [0.717, 1.165) is 31.2 Å². The third-order valence-electron chi connectivity index (χ3n) is 6.71. The molecule has 0 saturated heterocycles. The van der Waals surface area contributed by atoms with E-state index in [1.165, 1.54) is 18.2 Å². The maximum Gasteiger partial charge on any atom is 0.201 e. The van der Waals surface area contributed by atoms with Crippen LogP contribution in [0.4, 0.5) is 13.2 Å². The Morgan fingerprint density at radius 1 is 0.833 bits per heavy atom. The summed E-state index contributed by atoms with van der Waals surface area (Å²) in [7, 11) is 0. The van der Waals surface area contributed by atoms with Gasteiger partial charge in [-0.25, -0.2) is 8.78 Å². The van der Waals surface area contributed by atoms with Crippen molar-refractivity contribution in [3.8, 4) is 28.0 Å². The maximum atomic E-state index is 15.1. The molecule has 0 atom stereocenters. The molecule has 1 aliphatic carbocycles. The summed E-state index contributed by atoms with van der Waals surface area (Å²) in [6, 6.07) is 15.1. The fourth-order valence-electron chi connectivity index (χ4n) is 4.71. The Balaban J connectivity index is 1.45. The van der Waals surface area contributed by atoms with Gasteiger partial charge in [-0.1, -0.05) is 61.2 Å². The second kappa shape index (κ2) is 12.1. The second-order valence-electron chi connectivity index (χ2n) is 9.03. The Labute approximate surface area is 211 Å².